The molecular formula is C24H26N3O8. The summed E-state index contributed by atoms with van der Waals surface area (Å²) in [6, 6.07) is 15.9. The van der Waals surface area contributed by atoms with E-state index in [1.165, 1.54) is 0 Å². The van der Waals surface area contributed by atoms with Crippen molar-refractivity contribution in [3.8, 4) is 0 Å². The molecule has 0 spiro atoms. The number of carboxylic acid groups (broad SMARTS) is 2. The topological polar surface area (TPSA) is 171 Å². The van der Waals surface area contributed by atoms with E-state index in [1.54, 1.807) is 48.5 Å². The number of rotatable bonds is 13. The van der Waals surface area contributed by atoms with Gasteiger partial charge in [0.25, 0.3) is 0 Å². The van der Waals surface area contributed by atoms with Crippen molar-refractivity contribution in [1.29, 1.82) is 0 Å². The fourth-order valence-electron chi connectivity index (χ4n) is 2.96. The van der Waals surface area contributed by atoms with Crippen molar-refractivity contribution in [3.05, 3.63) is 71.8 Å². The maximum absolute atomic E-state index is 12.8. The first-order valence-corrected chi connectivity index (χ1v) is 10.7. The van der Waals surface area contributed by atoms with Gasteiger partial charge < -0.3 is 30.9 Å². The lowest BCUT2D eigenvalue weighted by molar-refractivity contribution is -0.143. The maximum Gasteiger partial charge on any atom is 0.407 e. The van der Waals surface area contributed by atoms with E-state index in [-0.39, 0.29) is 19.4 Å². The number of hydrogen-bond acceptors (Lipinski definition) is 6. The van der Waals surface area contributed by atoms with Gasteiger partial charge >= 0.3 is 18.0 Å². The van der Waals surface area contributed by atoms with E-state index in [0.29, 0.717) is 5.56 Å². The number of ether oxygens (including phenoxy) is 1. The van der Waals surface area contributed by atoms with Gasteiger partial charge in [-0.3, -0.25) is 14.4 Å². The number of carboxylic acids is 2. The molecule has 0 aliphatic heterocycles. The molecule has 0 heterocycles. The Bertz CT molecular complexity index is 1010. The van der Waals surface area contributed by atoms with Gasteiger partial charge in [-0.05, 0) is 23.6 Å². The normalized spacial score (nSPS) is 12.0. The fraction of sp³-hybridized carbons (Fsp3) is 0.292. The van der Waals surface area contributed by atoms with Crippen molar-refractivity contribution in [2.24, 2.45) is 0 Å². The smallest absolute Gasteiger partial charge is 0.407 e. The molecule has 2 atom stereocenters. The molecule has 185 valence electrons. The van der Waals surface area contributed by atoms with Crippen molar-refractivity contribution in [2.75, 3.05) is 6.54 Å². The minimum Gasteiger partial charge on any atom is -0.481 e. The Labute approximate surface area is 201 Å². The van der Waals surface area contributed by atoms with Crippen LogP contribution in [0.5, 0.6) is 0 Å². The van der Waals surface area contributed by atoms with E-state index in [1.807, 2.05) is 6.07 Å². The van der Waals surface area contributed by atoms with Crippen LogP contribution < -0.4 is 16.0 Å². The Kier molecular flexibility index (Phi) is 10.7. The predicted molar refractivity (Wildman–Crippen MR) is 122 cm³/mol. The van der Waals surface area contributed by atoms with Crippen LogP contribution in [0.15, 0.2) is 54.6 Å². The molecule has 0 aliphatic rings. The fourth-order valence-corrected chi connectivity index (χ4v) is 2.96. The highest BCUT2D eigenvalue weighted by molar-refractivity contribution is 5.91. The Balaban J connectivity index is 1.96. The summed E-state index contributed by atoms with van der Waals surface area (Å²) >= 11 is 0. The van der Waals surface area contributed by atoms with Gasteiger partial charge in [-0.1, -0.05) is 54.6 Å². The summed E-state index contributed by atoms with van der Waals surface area (Å²) in [5, 5.41) is 25.1. The first-order chi connectivity index (χ1) is 16.7. The number of alkyl carbamates (subject to hydrolysis) is 1. The zero-order valence-corrected chi connectivity index (χ0v) is 18.7. The second-order valence-corrected chi connectivity index (χ2v) is 7.46. The Morgan fingerprint density at radius 3 is 2.26 bits per heavy atom. The average molecular weight is 484 g/mol. The SMILES string of the molecule is O=C(O)CC[C@H](NC(=O)C(Cc1[c]cccc1)NC(=O)CNC(=O)OCc1ccccc1)C(=O)O. The van der Waals surface area contributed by atoms with Gasteiger partial charge in [-0.2, -0.15) is 0 Å². The summed E-state index contributed by atoms with van der Waals surface area (Å²) in [4.78, 5) is 59.2. The average Bonchev–Trinajstić information content (AvgIpc) is 2.84. The van der Waals surface area contributed by atoms with E-state index in [2.05, 4.69) is 22.0 Å². The third-order valence-corrected chi connectivity index (χ3v) is 4.72. The molecule has 11 heteroatoms. The largest absolute Gasteiger partial charge is 0.481 e. The van der Waals surface area contributed by atoms with E-state index < -0.39 is 54.9 Å². The minimum atomic E-state index is -1.45. The number of carbonyl (C=O) groups excluding carboxylic acids is 3. The molecule has 0 bridgehead atoms. The lowest BCUT2D eigenvalue weighted by atomic mass is 10.0. The molecule has 2 rings (SSSR count). The van der Waals surface area contributed by atoms with Crippen LogP contribution in [0.25, 0.3) is 0 Å². The number of benzene rings is 2. The molecule has 1 radical (unpaired) electrons. The highest BCUT2D eigenvalue weighted by atomic mass is 16.5. The highest BCUT2D eigenvalue weighted by Crippen LogP contribution is 2.05. The number of hydrogen-bond donors (Lipinski definition) is 5. The number of amides is 3. The van der Waals surface area contributed by atoms with Crippen LogP contribution in [-0.2, 0) is 36.9 Å². The van der Waals surface area contributed by atoms with E-state index in [0.717, 1.165) is 5.56 Å². The monoisotopic (exact) mass is 484 g/mol. The van der Waals surface area contributed by atoms with Crippen LogP contribution >= 0.6 is 0 Å². The summed E-state index contributed by atoms with van der Waals surface area (Å²) < 4.78 is 5.02. The molecule has 11 nitrogen and oxygen atoms in total. The molecule has 2 aromatic rings. The van der Waals surface area contributed by atoms with E-state index in [4.69, 9.17) is 9.84 Å². The second-order valence-electron chi connectivity index (χ2n) is 7.46. The van der Waals surface area contributed by atoms with Gasteiger partial charge in [-0.25, -0.2) is 9.59 Å². The van der Waals surface area contributed by atoms with Crippen LogP contribution in [-0.4, -0.2) is 58.7 Å². The van der Waals surface area contributed by atoms with Crippen LogP contribution in [0.2, 0.25) is 0 Å². The van der Waals surface area contributed by atoms with Crippen molar-refractivity contribution in [1.82, 2.24) is 16.0 Å². The highest BCUT2D eigenvalue weighted by Gasteiger charge is 2.27. The third-order valence-electron chi connectivity index (χ3n) is 4.72. The first kappa shape index (κ1) is 26.8. The Hall–Kier alpha value is -4.41. The summed E-state index contributed by atoms with van der Waals surface area (Å²) in [5.41, 5.74) is 1.33. The Morgan fingerprint density at radius 2 is 1.63 bits per heavy atom. The quantitative estimate of drug-likeness (QED) is 0.279. The minimum absolute atomic E-state index is 0.0100. The van der Waals surface area contributed by atoms with Crippen LogP contribution in [0.4, 0.5) is 4.79 Å². The van der Waals surface area contributed by atoms with Gasteiger partial charge in [0.1, 0.15) is 25.2 Å². The Morgan fingerprint density at radius 1 is 0.914 bits per heavy atom. The molecule has 0 saturated carbocycles. The van der Waals surface area contributed by atoms with E-state index in [9.17, 15) is 29.1 Å². The first-order valence-electron chi connectivity index (χ1n) is 10.7. The van der Waals surface area contributed by atoms with Gasteiger partial charge in [-0.15, -0.1) is 0 Å². The van der Waals surface area contributed by atoms with Crippen molar-refractivity contribution < 1.29 is 38.9 Å². The van der Waals surface area contributed by atoms with Gasteiger partial charge in [0.05, 0.1) is 0 Å². The summed E-state index contributed by atoms with van der Waals surface area (Å²) in [7, 11) is 0. The van der Waals surface area contributed by atoms with Crippen LogP contribution in [0.1, 0.15) is 24.0 Å². The molecule has 0 aliphatic carbocycles. The predicted octanol–water partition coefficient (Wildman–Crippen LogP) is 0.875. The summed E-state index contributed by atoms with van der Waals surface area (Å²) in [6.07, 6.45) is -1.64. The molecule has 1 unspecified atom stereocenters. The molecule has 2 aromatic carbocycles. The third kappa shape index (κ3) is 10.4. The van der Waals surface area contributed by atoms with Crippen molar-refractivity contribution in [3.63, 3.8) is 0 Å². The van der Waals surface area contributed by atoms with Gasteiger partial charge in [0.15, 0.2) is 0 Å². The molecule has 5 N–H and O–H groups in total. The standard InChI is InChI=1S/C24H26N3O8/c28-20(14-25-24(34)35-15-17-9-5-2-6-10-17)26-19(13-16-7-3-1-4-8-16)22(31)27-18(23(32)33)11-12-21(29)30/h1-7,9-10,18-19H,11-15H2,(H,25,34)(H,26,28)(H,27,31)(H,29,30)(H,32,33)/t18-,19?/m0/s1. The molecule has 35 heavy (non-hydrogen) atoms. The number of nitrogens with one attached hydrogen (secondary N) is 3. The van der Waals surface area contributed by atoms with Crippen LogP contribution in [0.3, 0.4) is 0 Å². The molecule has 0 fully saturated rings. The lowest BCUT2D eigenvalue weighted by Gasteiger charge is -2.21. The van der Waals surface area contributed by atoms with Crippen molar-refractivity contribution in [2.45, 2.75) is 38.0 Å². The van der Waals surface area contributed by atoms with Crippen LogP contribution in [0, 0.1) is 6.07 Å². The molecule has 0 saturated heterocycles. The van der Waals surface area contributed by atoms with Gasteiger partial charge in [0.2, 0.25) is 11.8 Å². The number of aliphatic carboxylic acids is 2. The number of carbonyl (C=O) groups is 5. The zero-order valence-electron chi connectivity index (χ0n) is 18.7. The molecule has 0 aromatic heterocycles. The summed E-state index contributed by atoms with van der Waals surface area (Å²) in [6.45, 7) is -0.479. The van der Waals surface area contributed by atoms with E-state index >= 15 is 0 Å². The summed E-state index contributed by atoms with van der Waals surface area (Å²) in [5.74, 6) is -4.14. The molecule has 3 amide bonds. The zero-order chi connectivity index (χ0) is 25.6. The second kappa shape index (κ2) is 14.0. The van der Waals surface area contributed by atoms with Gasteiger partial charge in [0, 0.05) is 12.8 Å². The maximum atomic E-state index is 12.8. The lowest BCUT2D eigenvalue weighted by Crippen LogP contribution is -2.54. The van der Waals surface area contributed by atoms with Crippen molar-refractivity contribution >= 4 is 29.8 Å². The molecular weight excluding hydrogens is 458 g/mol.